The van der Waals surface area contributed by atoms with Gasteiger partial charge in [0.15, 0.2) is 0 Å². The maximum atomic E-state index is 11.9. The fraction of sp³-hybridized carbons (Fsp3) is 0.125. The minimum absolute atomic E-state index is 0.103. The summed E-state index contributed by atoms with van der Waals surface area (Å²) in [4.78, 5) is 26.2. The number of hydrogen-bond donors (Lipinski definition) is 4. The topological polar surface area (TPSA) is 136 Å². The van der Waals surface area contributed by atoms with Crippen molar-refractivity contribution in [2.75, 3.05) is 31.3 Å². The summed E-state index contributed by atoms with van der Waals surface area (Å²) in [5, 5.41) is 17.3. The molecule has 2 heterocycles. The molecule has 0 fully saturated rings. The van der Waals surface area contributed by atoms with E-state index in [1.807, 2.05) is 104 Å². The SMILES string of the molecule is CN(C)C(/C=C/CNc1cccc(Nc2ncc(C#N)c(-c3c[nH]c4ccccc34)n2)c1)c1ccccc1C(N)=O. The lowest BCUT2D eigenvalue weighted by molar-refractivity contribution is 0.0998. The number of rotatable bonds is 10. The first kappa shape index (κ1) is 27.1. The largest absolute Gasteiger partial charge is 0.382 e. The number of fused-ring (bicyclic) bond motifs is 1. The second-order valence-corrected chi connectivity index (χ2v) is 9.69. The zero-order chi connectivity index (χ0) is 28.8. The number of carbonyl (C=O) groups is 1. The van der Waals surface area contributed by atoms with Gasteiger partial charge < -0.3 is 21.4 Å². The van der Waals surface area contributed by atoms with Gasteiger partial charge in [-0.2, -0.15) is 5.26 Å². The number of nitrogens with zero attached hydrogens (tertiary/aromatic N) is 4. The van der Waals surface area contributed by atoms with E-state index in [2.05, 4.69) is 31.7 Å². The molecule has 0 bridgehead atoms. The number of nitriles is 1. The van der Waals surface area contributed by atoms with Gasteiger partial charge in [0.25, 0.3) is 0 Å². The number of primary amides is 1. The summed E-state index contributed by atoms with van der Waals surface area (Å²) in [6, 6.07) is 25.2. The number of para-hydroxylation sites is 1. The first-order chi connectivity index (χ1) is 19.9. The molecule has 5 rings (SSSR count). The number of benzene rings is 3. The van der Waals surface area contributed by atoms with Crippen LogP contribution in [0.1, 0.15) is 27.5 Å². The minimum atomic E-state index is -0.442. The first-order valence-corrected chi connectivity index (χ1v) is 13.1. The number of aromatic nitrogens is 3. The molecule has 1 unspecified atom stereocenters. The summed E-state index contributed by atoms with van der Waals surface area (Å²) >= 11 is 0. The number of likely N-dealkylation sites (N-methyl/N-ethyl adjacent to an activating group) is 1. The molecule has 0 saturated carbocycles. The van der Waals surface area contributed by atoms with Gasteiger partial charge >= 0.3 is 0 Å². The molecule has 41 heavy (non-hydrogen) atoms. The Hall–Kier alpha value is -5.46. The third-order valence-corrected chi connectivity index (χ3v) is 6.72. The Balaban J connectivity index is 1.30. The van der Waals surface area contributed by atoms with E-state index in [0.29, 0.717) is 29.3 Å². The van der Waals surface area contributed by atoms with Gasteiger partial charge in [-0.3, -0.25) is 9.69 Å². The molecule has 2 aromatic heterocycles. The van der Waals surface area contributed by atoms with E-state index in [0.717, 1.165) is 33.4 Å². The number of hydrogen-bond acceptors (Lipinski definition) is 7. The summed E-state index contributed by atoms with van der Waals surface area (Å²) < 4.78 is 0. The summed E-state index contributed by atoms with van der Waals surface area (Å²) in [5.74, 6) is -0.0497. The zero-order valence-electron chi connectivity index (χ0n) is 22.8. The van der Waals surface area contributed by atoms with E-state index in [-0.39, 0.29) is 6.04 Å². The van der Waals surface area contributed by atoms with Crippen molar-refractivity contribution in [3.8, 4) is 17.3 Å². The van der Waals surface area contributed by atoms with E-state index >= 15 is 0 Å². The van der Waals surface area contributed by atoms with Gasteiger partial charge in [-0.25, -0.2) is 9.97 Å². The van der Waals surface area contributed by atoms with Crippen LogP contribution in [0, 0.1) is 11.3 Å². The Morgan fingerprint density at radius 2 is 1.88 bits per heavy atom. The Labute approximate surface area is 238 Å². The van der Waals surface area contributed by atoms with E-state index in [1.54, 1.807) is 6.07 Å². The Morgan fingerprint density at radius 1 is 1.10 bits per heavy atom. The Kier molecular flexibility index (Phi) is 8.04. The molecular weight excluding hydrogens is 512 g/mol. The smallest absolute Gasteiger partial charge is 0.249 e. The van der Waals surface area contributed by atoms with Crippen LogP contribution in [0.3, 0.4) is 0 Å². The summed E-state index contributed by atoms with van der Waals surface area (Å²) in [5.41, 5.74) is 11.5. The lowest BCUT2D eigenvalue weighted by Crippen LogP contribution is -2.23. The van der Waals surface area contributed by atoms with Gasteiger partial charge in [0.05, 0.1) is 23.5 Å². The van der Waals surface area contributed by atoms with E-state index in [1.165, 1.54) is 6.20 Å². The molecule has 0 radical (unpaired) electrons. The molecular formula is C32H30N8O. The van der Waals surface area contributed by atoms with Crippen LogP contribution in [0.2, 0.25) is 0 Å². The van der Waals surface area contributed by atoms with Crippen molar-refractivity contribution in [1.82, 2.24) is 19.9 Å². The molecule has 5 N–H and O–H groups in total. The van der Waals surface area contributed by atoms with E-state index in [9.17, 15) is 10.1 Å². The molecule has 0 saturated heterocycles. The molecule has 0 aliphatic rings. The third-order valence-electron chi connectivity index (χ3n) is 6.72. The summed E-state index contributed by atoms with van der Waals surface area (Å²) in [6.45, 7) is 0.574. The fourth-order valence-corrected chi connectivity index (χ4v) is 4.74. The van der Waals surface area contributed by atoms with Crippen molar-refractivity contribution < 1.29 is 4.79 Å². The Morgan fingerprint density at radius 3 is 2.68 bits per heavy atom. The molecule has 9 heteroatoms. The number of nitrogens with one attached hydrogen (secondary N) is 3. The van der Waals surface area contributed by atoms with Crippen LogP contribution in [0.5, 0.6) is 0 Å². The molecule has 3 aromatic carbocycles. The van der Waals surface area contributed by atoms with Gasteiger partial charge in [0, 0.05) is 46.1 Å². The fourth-order valence-electron chi connectivity index (χ4n) is 4.74. The normalized spacial score (nSPS) is 12.0. The first-order valence-electron chi connectivity index (χ1n) is 13.1. The average molecular weight is 543 g/mol. The monoisotopic (exact) mass is 542 g/mol. The van der Waals surface area contributed by atoms with Crippen LogP contribution in [-0.4, -0.2) is 46.4 Å². The van der Waals surface area contributed by atoms with Crippen molar-refractivity contribution in [3.05, 3.63) is 114 Å². The van der Waals surface area contributed by atoms with Crippen LogP contribution in [0.4, 0.5) is 17.3 Å². The van der Waals surface area contributed by atoms with Crippen molar-refractivity contribution in [2.45, 2.75) is 6.04 Å². The highest BCUT2D eigenvalue weighted by molar-refractivity contribution is 5.96. The van der Waals surface area contributed by atoms with Gasteiger partial charge in [0.2, 0.25) is 11.9 Å². The number of anilines is 3. The molecule has 1 atom stereocenters. The number of amides is 1. The summed E-state index contributed by atoms with van der Waals surface area (Å²) in [6.07, 6.45) is 7.48. The zero-order valence-corrected chi connectivity index (χ0v) is 22.8. The second-order valence-electron chi connectivity index (χ2n) is 9.69. The lowest BCUT2D eigenvalue weighted by atomic mass is 9.98. The van der Waals surface area contributed by atoms with Crippen molar-refractivity contribution >= 4 is 34.1 Å². The van der Waals surface area contributed by atoms with E-state index in [4.69, 9.17) is 5.73 Å². The standard InChI is InChI=1S/C32H30N8O/c1-40(2)29(25-12-3-4-13-26(25)31(34)41)15-8-16-35-22-9-7-10-23(17-22)38-32-37-19-21(18-33)30(39-32)27-20-36-28-14-6-5-11-24(27)28/h3-15,17,19-20,29,35-36H,16H2,1-2H3,(H2,34,41)(H,37,38,39)/b15-8+. The predicted octanol–water partition coefficient (Wildman–Crippen LogP) is 5.61. The number of H-pyrrole nitrogens is 1. The third kappa shape index (κ3) is 6.08. The van der Waals surface area contributed by atoms with Gasteiger partial charge in [-0.15, -0.1) is 0 Å². The van der Waals surface area contributed by atoms with E-state index < -0.39 is 5.91 Å². The lowest BCUT2D eigenvalue weighted by Gasteiger charge is -2.23. The molecule has 0 spiro atoms. The molecule has 5 aromatic rings. The van der Waals surface area contributed by atoms with Gasteiger partial charge in [0.1, 0.15) is 6.07 Å². The highest BCUT2D eigenvalue weighted by Gasteiger charge is 2.17. The predicted molar refractivity (Wildman–Crippen MR) is 163 cm³/mol. The number of carbonyl (C=O) groups excluding carboxylic acids is 1. The van der Waals surface area contributed by atoms with Gasteiger partial charge in [-0.05, 0) is 50.0 Å². The van der Waals surface area contributed by atoms with Crippen LogP contribution < -0.4 is 16.4 Å². The maximum absolute atomic E-state index is 11.9. The number of nitrogens with two attached hydrogens (primary N) is 1. The maximum Gasteiger partial charge on any atom is 0.249 e. The molecule has 9 nitrogen and oxygen atoms in total. The highest BCUT2D eigenvalue weighted by atomic mass is 16.1. The molecule has 0 aliphatic carbocycles. The number of aromatic amines is 1. The van der Waals surface area contributed by atoms with Crippen LogP contribution in [0.25, 0.3) is 22.2 Å². The molecule has 204 valence electrons. The van der Waals surface area contributed by atoms with Crippen LogP contribution in [-0.2, 0) is 0 Å². The molecule has 0 aliphatic heterocycles. The van der Waals surface area contributed by atoms with Gasteiger partial charge in [-0.1, -0.05) is 54.6 Å². The summed E-state index contributed by atoms with van der Waals surface area (Å²) in [7, 11) is 3.93. The quantitative estimate of drug-likeness (QED) is 0.168. The van der Waals surface area contributed by atoms with Crippen molar-refractivity contribution in [1.29, 1.82) is 5.26 Å². The minimum Gasteiger partial charge on any atom is -0.382 e. The Bertz CT molecular complexity index is 1770. The van der Waals surface area contributed by atoms with Crippen molar-refractivity contribution in [3.63, 3.8) is 0 Å². The van der Waals surface area contributed by atoms with Crippen molar-refractivity contribution in [2.24, 2.45) is 5.73 Å². The molecule has 1 amide bonds. The van der Waals surface area contributed by atoms with Crippen LogP contribution >= 0.6 is 0 Å². The highest BCUT2D eigenvalue weighted by Crippen LogP contribution is 2.30. The van der Waals surface area contributed by atoms with Crippen LogP contribution in [0.15, 0.2) is 97.3 Å². The second kappa shape index (κ2) is 12.2. The average Bonchev–Trinajstić information content (AvgIpc) is 3.41.